The van der Waals surface area contributed by atoms with Gasteiger partial charge in [0.05, 0.1) is 18.7 Å². The normalized spacial score (nSPS) is 17.1. The highest BCUT2D eigenvalue weighted by Gasteiger charge is 2.27. The van der Waals surface area contributed by atoms with E-state index in [1.54, 1.807) is 13.3 Å². The number of methoxy groups -OCH3 is 1. The Balaban J connectivity index is 1.63. The zero-order chi connectivity index (χ0) is 17.2. The van der Waals surface area contributed by atoms with Crippen LogP contribution in [0, 0.1) is 0 Å². The summed E-state index contributed by atoms with van der Waals surface area (Å²) in [7, 11) is 1.65. The molecule has 2 heterocycles. The molecular formula is C20H19N3O2. The summed E-state index contributed by atoms with van der Waals surface area (Å²) < 4.78 is 5.39. The monoisotopic (exact) mass is 333 g/mol. The molecule has 1 amide bonds. The summed E-state index contributed by atoms with van der Waals surface area (Å²) in [5.74, 6) is 0.547. The lowest BCUT2D eigenvalue weighted by atomic mass is 9.89. The molecule has 0 fully saturated rings. The Morgan fingerprint density at radius 1 is 1.12 bits per heavy atom. The molecule has 5 nitrogen and oxygen atoms in total. The Morgan fingerprint density at radius 2 is 2.00 bits per heavy atom. The van der Waals surface area contributed by atoms with Crippen LogP contribution in [0.15, 0.2) is 66.6 Å². The van der Waals surface area contributed by atoms with Crippen molar-refractivity contribution in [2.45, 2.75) is 12.3 Å². The molecule has 25 heavy (non-hydrogen) atoms. The standard InChI is InChI=1S/C20H19N3O2/c1-25-19-8-3-2-6-18(19)23-13-11-16(20(24)22-12-13)14-5-4-7-17-15(14)9-10-21-17/h2-10,12,16,21,23H,11H2,1H3,(H,22,24). The zero-order valence-corrected chi connectivity index (χ0v) is 13.9. The average molecular weight is 333 g/mol. The number of fused-ring (bicyclic) bond motifs is 1. The lowest BCUT2D eigenvalue weighted by Gasteiger charge is -2.24. The molecule has 5 heteroatoms. The van der Waals surface area contributed by atoms with E-state index < -0.39 is 0 Å². The first-order chi connectivity index (χ1) is 12.3. The number of allylic oxidation sites excluding steroid dienone is 1. The first-order valence-corrected chi connectivity index (χ1v) is 8.22. The number of anilines is 1. The van der Waals surface area contributed by atoms with Crippen molar-refractivity contribution in [2.24, 2.45) is 0 Å². The van der Waals surface area contributed by atoms with Crippen molar-refractivity contribution in [3.8, 4) is 5.75 Å². The number of amides is 1. The quantitative estimate of drug-likeness (QED) is 0.681. The highest BCUT2D eigenvalue weighted by atomic mass is 16.5. The Labute approximate surface area is 145 Å². The minimum atomic E-state index is -0.235. The van der Waals surface area contributed by atoms with E-state index in [-0.39, 0.29) is 11.8 Å². The molecule has 0 saturated heterocycles. The van der Waals surface area contributed by atoms with Gasteiger partial charge in [-0.25, -0.2) is 0 Å². The summed E-state index contributed by atoms with van der Waals surface area (Å²) in [6, 6.07) is 15.8. The van der Waals surface area contributed by atoms with Crippen LogP contribution in [0.2, 0.25) is 0 Å². The van der Waals surface area contributed by atoms with Crippen molar-refractivity contribution in [2.75, 3.05) is 12.4 Å². The van der Waals surface area contributed by atoms with Crippen LogP contribution >= 0.6 is 0 Å². The number of hydrogen-bond donors (Lipinski definition) is 3. The number of carbonyl (C=O) groups is 1. The Kier molecular flexibility index (Phi) is 3.90. The fraction of sp³-hybridized carbons (Fsp3) is 0.150. The second-order valence-corrected chi connectivity index (χ2v) is 6.05. The van der Waals surface area contributed by atoms with Gasteiger partial charge in [-0.3, -0.25) is 4.79 Å². The van der Waals surface area contributed by atoms with E-state index in [9.17, 15) is 4.79 Å². The van der Waals surface area contributed by atoms with E-state index in [1.807, 2.05) is 54.7 Å². The number of H-pyrrole nitrogens is 1. The summed E-state index contributed by atoms with van der Waals surface area (Å²) in [6.45, 7) is 0. The van der Waals surface area contributed by atoms with Crippen molar-refractivity contribution in [3.63, 3.8) is 0 Å². The highest BCUT2D eigenvalue weighted by Crippen LogP contribution is 2.33. The van der Waals surface area contributed by atoms with Gasteiger partial charge in [0.15, 0.2) is 0 Å². The SMILES string of the molecule is COc1ccccc1NC1=CNC(=O)C(c2cccc3[nH]ccc23)C1. The van der Waals surface area contributed by atoms with Crippen LogP contribution in [0.3, 0.4) is 0 Å². The molecule has 0 aliphatic carbocycles. The third-order valence-corrected chi connectivity index (χ3v) is 4.54. The van der Waals surface area contributed by atoms with E-state index in [4.69, 9.17) is 4.74 Å². The number of aromatic nitrogens is 1. The molecule has 0 bridgehead atoms. The first kappa shape index (κ1) is 15.3. The number of benzene rings is 2. The predicted octanol–water partition coefficient (Wildman–Crippen LogP) is 3.73. The van der Waals surface area contributed by atoms with Gasteiger partial charge in [0.2, 0.25) is 5.91 Å². The molecule has 1 aromatic heterocycles. The summed E-state index contributed by atoms with van der Waals surface area (Å²) in [4.78, 5) is 15.7. The van der Waals surface area contributed by atoms with E-state index in [0.29, 0.717) is 6.42 Å². The summed E-state index contributed by atoms with van der Waals surface area (Å²) in [6.07, 6.45) is 4.25. The maximum atomic E-state index is 12.5. The van der Waals surface area contributed by atoms with Gasteiger partial charge in [-0.1, -0.05) is 24.3 Å². The average Bonchev–Trinajstić information content (AvgIpc) is 3.12. The molecule has 3 aromatic rings. The van der Waals surface area contributed by atoms with Gasteiger partial charge in [-0.15, -0.1) is 0 Å². The smallest absolute Gasteiger partial charge is 0.231 e. The molecule has 0 saturated carbocycles. The Bertz CT molecular complexity index is 958. The minimum Gasteiger partial charge on any atom is -0.495 e. The van der Waals surface area contributed by atoms with Gasteiger partial charge in [0.1, 0.15) is 5.75 Å². The maximum absolute atomic E-state index is 12.5. The Hall–Kier alpha value is -3.21. The van der Waals surface area contributed by atoms with E-state index in [0.717, 1.165) is 33.6 Å². The van der Waals surface area contributed by atoms with Crippen molar-refractivity contribution < 1.29 is 9.53 Å². The number of rotatable bonds is 4. The Morgan fingerprint density at radius 3 is 2.88 bits per heavy atom. The lowest BCUT2D eigenvalue weighted by Crippen LogP contribution is -2.31. The van der Waals surface area contributed by atoms with Crippen LogP contribution in [0.4, 0.5) is 5.69 Å². The molecule has 2 aromatic carbocycles. The van der Waals surface area contributed by atoms with E-state index in [1.165, 1.54) is 0 Å². The van der Waals surface area contributed by atoms with Gasteiger partial charge in [0.25, 0.3) is 0 Å². The fourth-order valence-electron chi connectivity index (χ4n) is 3.30. The third kappa shape index (κ3) is 2.85. The van der Waals surface area contributed by atoms with Gasteiger partial charge in [0, 0.05) is 35.4 Å². The van der Waals surface area contributed by atoms with Crippen LogP contribution in [-0.4, -0.2) is 18.0 Å². The number of aromatic amines is 1. The van der Waals surface area contributed by atoms with Crippen molar-refractivity contribution >= 4 is 22.5 Å². The van der Waals surface area contributed by atoms with E-state index in [2.05, 4.69) is 15.6 Å². The number of hydrogen-bond acceptors (Lipinski definition) is 3. The van der Waals surface area contributed by atoms with Gasteiger partial charge in [-0.2, -0.15) is 0 Å². The number of para-hydroxylation sites is 2. The molecule has 3 N–H and O–H groups in total. The molecule has 1 atom stereocenters. The second-order valence-electron chi connectivity index (χ2n) is 6.05. The molecule has 0 spiro atoms. The second kappa shape index (κ2) is 6.36. The van der Waals surface area contributed by atoms with Crippen molar-refractivity contribution in [3.05, 3.63) is 72.2 Å². The maximum Gasteiger partial charge on any atom is 0.231 e. The van der Waals surface area contributed by atoms with Crippen LogP contribution in [-0.2, 0) is 4.79 Å². The number of carbonyl (C=O) groups excluding carboxylic acids is 1. The lowest BCUT2D eigenvalue weighted by molar-refractivity contribution is -0.122. The predicted molar refractivity (Wildman–Crippen MR) is 98.5 cm³/mol. The van der Waals surface area contributed by atoms with Gasteiger partial charge in [-0.05, 0) is 29.8 Å². The number of ether oxygens (including phenoxy) is 1. The van der Waals surface area contributed by atoms with Crippen LogP contribution in [0.25, 0.3) is 10.9 Å². The molecule has 4 rings (SSSR count). The fourth-order valence-corrected chi connectivity index (χ4v) is 3.30. The van der Waals surface area contributed by atoms with E-state index >= 15 is 0 Å². The third-order valence-electron chi connectivity index (χ3n) is 4.54. The topological polar surface area (TPSA) is 66.2 Å². The summed E-state index contributed by atoms with van der Waals surface area (Å²) in [5.41, 5.74) is 3.90. The first-order valence-electron chi connectivity index (χ1n) is 8.22. The van der Waals surface area contributed by atoms with Crippen LogP contribution in [0.5, 0.6) is 5.75 Å². The highest BCUT2D eigenvalue weighted by molar-refractivity contribution is 5.93. The molecule has 1 unspecified atom stereocenters. The molecule has 0 radical (unpaired) electrons. The molecule has 1 aliphatic heterocycles. The molecular weight excluding hydrogens is 314 g/mol. The minimum absolute atomic E-state index is 0.0132. The summed E-state index contributed by atoms with van der Waals surface area (Å²) in [5, 5.41) is 7.34. The van der Waals surface area contributed by atoms with Gasteiger partial charge >= 0.3 is 0 Å². The van der Waals surface area contributed by atoms with Crippen LogP contribution in [0.1, 0.15) is 17.9 Å². The zero-order valence-electron chi connectivity index (χ0n) is 13.9. The molecule has 1 aliphatic rings. The van der Waals surface area contributed by atoms with Gasteiger partial charge < -0.3 is 20.4 Å². The number of nitrogens with one attached hydrogen (secondary N) is 3. The van der Waals surface area contributed by atoms with Crippen molar-refractivity contribution in [1.29, 1.82) is 0 Å². The summed E-state index contributed by atoms with van der Waals surface area (Å²) >= 11 is 0. The molecule has 126 valence electrons. The van der Waals surface area contributed by atoms with Crippen LogP contribution < -0.4 is 15.4 Å². The largest absolute Gasteiger partial charge is 0.495 e. The van der Waals surface area contributed by atoms with Crippen molar-refractivity contribution in [1.82, 2.24) is 10.3 Å².